The molecule has 2 aromatic heterocycles. The normalized spacial score (nSPS) is 17.1. The van der Waals surface area contributed by atoms with Crippen LogP contribution in [0, 0.1) is 26.7 Å². The Balaban J connectivity index is 2.01. The van der Waals surface area contributed by atoms with E-state index in [9.17, 15) is 9.59 Å². The first-order valence-electron chi connectivity index (χ1n) is 8.90. The summed E-state index contributed by atoms with van der Waals surface area (Å²) in [6.45, 7) is 9.96. The number of ether oxygens (including phenoxy) is 1. The Hall–Kier alpha value is -2.15. The summed E-state index contributed by atoms with van der Waals surface area (Å²) in [5.41, 5.74) is 3.13. The van der Waals surface area contributed by atoms with E-state index in [1.54, 1.807) is 18.3 Å². The van der Waals surface area contributed by atoms with Gasteiger partial charge >= 0.3 is 5.97 Å². The van der Waals surface area contributed by atoms with Gasteiger partial charge in [-0.2, -0.15) is 0 Å². The van der Waals surface area contributed by atoms with E-state index in [0.717, 1.165) is 39.4 Å². The fourth-order valence-corrected chi connectivity index (χ4v) is 4.43. The Labute approximate surface area is 156 Å². The molecule has 1 aliphatic heterocycles. The largest absolute Gasteiger partial charge is 0.465 e. The maximum absolute atomic E-state index is 12.9. The Kier molecular flexibility index (Phi) is 5.18. The summed E-state index contributed by atoms with van der Waals surface area (Å²) >= 11 is 1.56. The van der Waals surface area contributed by atoms with E-state index in [1.165, 1.54) is 0 Å². The molecule has 3 heterocycles. The summed E-state index contributed by atoms with van der Waals surface area (Å²) in [4.78, 5) is 27.3. The van der Waals surface area contributed by atoms with Crippen molar-refractivity contribution in [3.05, 3.63) is 27.5 Å². The van der Waals surface area contributed by atoms with Crippen LogP contribution < -0.4 is 5.32 Å². The van der Waals surface area contributed by atoms with Crippen LogP contribution in [0.3, 0.4) is 0 Å². The minimum atomic E-state index is -0.605. The van der Waals surface area contributed by atoms with Crippen molar-refractivity contribution in [3.63, 3.8) is 0 Å². The zero-order valence-electron chi connectivity index (χ0n) is 15.8. The second kappa shape index (κ2) is 7.23. The minimum absolute atomic E-state index is 0.189. The number of fused-ring (bicyclic) bond motifs is 3. The summed E-state index contributed by atoms with van der Waals surface area (Å²) in [6.07, 6.45) is 1.77. The number of carbonyl (C=O) groups is 2. The quantitative estimate of drug-likeness (QED) is 0.628. The van der Waals surface area contributed by atoms with E-state index < -0.39 is 12.0 Å². The summed E-state index contributed by atoms with van der Waals surface area (Å²) in [6, 6.07) is -0.605. The van der Waals surface area contributed by atoms with Crippen LogP contribution in [-0.2, 0) is 9.53 Å². The zero-order chi connectivity index (χ0) is 19.0. The number of hydrogen-bond acceptors (Lipinski definition) is 6. The predicted octanol–water partition coefficient (Wildman–Crippen LogP) is 4.09. The van der Waals surface area contributed by atoms with Crippen molar-refractivity contribution in [1.82, 2.24) is 10.5 Å². The number of thiophene rings is 1. The smallest absolute Gasteiger partial charge is 0.311 e. The number of aromatic nitrogens is 1. The van der Waals surface area contributed by atoms with Crippen molar-refractivity contribution < 1.29 is 18.8 Å². The molecule has 140 valence electrons. The third-order valence-electron chi connectivity index (χ3n) is 4.91. The molecule has 1 N–H and O–H groups in total. The number of esters is 1. The molecule has 1 aliphatic rings. The molecule has 0 aromatic carbocycles. The van der Waals surface area contributed by atoms with Crippen LogP contribution in [0.4, 0.5) is 0 Å². The molecule has 0 saturated carbocycles. The van der Waals surface area contributed by atoms with E-state index in [0.29, 0.717) is 17.9 Å². The lowest BCUT2D eigenvalue weighted by atomic mass is 9.96. The second-order valence-electron chi connectivity index (χ2n) is 6.76. The van der Waals surface area contributed by atoms with Crippen molar-refractivity contribution in [3.8, 4) is 10.4 Å². The van der Waals surface area contributed by atoms with Crippen LogP contribution in [0.5, 0.6) is 0 Å². The van der Waals surface area contributed by atoms with Crippen molar-refractivity contribution in [2.24, 2.45) is 5.92 Å². The van der Waals surface area contributed by atoms with Gasteiger partial charge in [-0.15, -0.1) is 11.3 Å². The molecule has 0 fully saturated rings. The number of unbranched alkanes of at least 4 members (excludes halogenated alkanes) is 1. The van der Waals surface area contributed by atoms with Crippen LogP contribution >= 0.6 is 11.3 Å². The van der Waals surface area contributed by atoms with Gasteiger partial charge in [0.15, 0.2) is 5.76 Å². The average molecular weight is 376 g/mol. The Morgan fingerprint density at radius 3 is 2.77 bits per heavy atom. The molecule has 0 bridgehead atoms. The molecule has 3 rings (SSSR count). The predicted molar refractivity (Wildman–Crippen MR) is 99.3 cm³/mol. The third-order valence-corrected chi connectivity index (χ3v) is 6.14. The Morgan fingerprint density at radius 1 is 1.35 bits per heavy atom. The van der Waals surface area contributed by atoms with E-state index in [-0.39, 0.29) is 11.9 Å². The molecule has 2 aromatic rings. The number of nitrogens with one attached hydrogen (secondary N) is 1. The zero-order valence-corrected chi connectivity index (χ0v) is 16.6. The van der Waals surface area contributed by atoms with E-state index in [2.05, 4.69) is 10.5 Å². The van der Waals surface area contributed by atoms with Crippen LogP contribution in [0.25, 0.3) is 10.4 Å². The number of carbonyl (C=O) groups excluding carboxylic acids is 2. The van der Waals surface area contributed by atoms with Crippen molar-refractivity contribution in [2.45, 2.75) is 53.5 Å². The van der Waals surface area contributed by atoms with Gasteiger partial charge in [0.2, 0.25) is 0 Å². The van der Waals surface area contributed by atoms with Gasteiger partial charge < -0.3 is 14.6 Å². The lowest BCUT2D eigenvalue weighted by Crippen LogP contribution is -2.35. The fourth-order valence-electron chi connectivity index (χ4n) is 3.17. The van der Waals surface area contributed by atoms with Crippen molar-refractivity contribution in [2.75, 3.05) is 6.61 Å². The first-order valence-corrected chi connectivity index (χ1v) is 9.72. The van der Waals surface area contributed by atoms with Crippen LogP contribution in [0.15, 0.2) is 4.52 Å². The SMILES string of the molecule is CCCCOC(=O)C(C)[C@@H]1NC(=O)c2c(sc(C)c2C)-c2c(C)noc21. The average Bonchev–Trinajstić information content (AvgIpc) is 3.08. The molecule has 1 unspecified atom stereocenters. The van der Waals surface area contributed by atoms with Gasteiger partial charge in [0.05, 0.1) is 34.2 Å². The maximum Gasteiger partial charge on any atom is 0.311 e. The van der Waals surface area contributed by atoms with Crippen molar-refractivity contribution >= 4 is 23.2 Å². The minimum Gasteiger partial charge on any atom is -0.465 e. The summed E-state index contributed by atoms with van der Waals surface area (Å²) < 4.78 is 10.9. The molecular formula is C19H24N2O4S. The van der Waals surface area contributed by atoms with E-state index in [1.807, 2.05) is 27.7 Å². The molecule has 6 nitrogen and oxygen atoms in total. The summed E-state index contributed by atoms with van der Waals surface area (Å²) in [5.74, 6) is -0.583. The number of amides is 1. The lowest BCUT2D eigenvalue weighted by molar-refractivity contribution is -0.149. The van der Waals surface area contributed by atoms with E-state index >= 15 is 0 Å². The van der Waals surface area contributed by atoms with Gasteiger partial charge in [-0.1, -0.05) is 18.5 Å². The van der Waals surface area contributed by atoms with Gasteiger partial charge in [0.1, 0.15) is 6.04 Å². The topological polar surface area (TPSA) is 81.4 Å². The molecule has 2 atom stereocenters. The molecule has 0 saturated heterocycles. The highest BCUT2D eigenvalue weighted by atomic mass is 32.1. The molecule has 0 radical (unpaired) electrons. The molecule has 1 amide bonds. The maximum atomic E-state index is 12.9. The first-order chi connectivity index (χ1) is 12.4. The van der Waals surface area contributed by atoms with Gasteiger partial charge in [0, 0.05) is 4.88 Å². The van der Waals surface area contributed by atoms with Crippen LogP contribution in [-0.4, -0.2) is 23.6 Å². The van der Waals surface area contributed by atoms with Crippen LogP contribution in [0.2, 0.25) is 0 Å². The molecule has 0 spiro atoms. The van der Waals surface area contributed by atoms with Gasteiger partial charge in [-0.3, -0.25) is 9.59 Å². The molecule has 7 heteroatoms. The Bertz CT molecular complexity index is 852. The molecule has 0 aliphatic carbocycles. The van der Waals surface area contributed by atoms with Gasteiger partial charge in [-0.05, 0) is 39.7 Å². The van der Waals surface area contributed by atoms with E-state index in [4.69, 9.17) is 9.26 Å². The highest BCUT2D eigenvalue weighted by molar-refractivity contribution is 7.16. The fraction of sp³-hybridized carbons (Fsp3) is 0.526. The lowest BCUT2D eigenvalue weighted by Gasteiger charge is -2.21. The number of hydrogen-bond donors (Lipinski definition) is 1. The molecule has 26 heavy (non-hydrogen) atoms. The monoisotopic (exact) mass is 376 g/mol. The highest BCUT2D eigenvalue weighted by Gasteiger charge is 2.39. The highest BCUT2D eigenvalue weighted by Crippen LogP contribution is 2.44. The summed E-state index contributed by atoms with van der Waals surface area (Å²) in [7, 11) is 0. The molecular weight excluding hydrogens is 352 g/mol. The van der Waals surface area contributed by atoms with Crippen molar-refractivity contribution in [1.29, 1.82) is 0 Å². The number of rotatable bonds is 5. The third kappa shape index (κ3) is 3.05. The van der Waals surface area contributed by atoms with Gasteiger partial charge in [0.25, 0.3) is 5.91 Å². The first kappa shape index (κ1) is 18.6. The summed E-state index contributed by atoms with van der Waals surface area (Å²) in [5, 5.41) is 7.06. The van der Waals surface area contributed by atoms with Gasteiger partial charge in [-0.25, -0.2) is 0 Å². The standard InChI is InChI=1S/C19H24N2O4S/c1-6-7-8-24-19(23)10(3)15-16-14(11(4)21-25-16)17-13(18(22)20-15)9(2)12(5)26-17/h10,15H,6-8H2,1-5H3,(H,20,22)/t10?,15-/m0/s1. The number of aryl methyl sites for hydroxylation is 2. The Morgan fingerprint density at radius 2 is 2.08 bits per heavy atom. The second-order valence-corrected chi connectivity index (χ2v) is 7.98. The number of nitrogens with zero attached hydrogens (tertiary/aromatic N) is 1. The van der Waals surface area contributed by atoms with Crippen LogP contribution in [0.1, 0.15) is 65.0 Å².